The SMILES string of the molecule is Cc1ccc(CN(C)C(=O)COC(=O)c2cc(C)ccc2O)c(C)c1. The van der Waals surface area contributed by atoms with E-state index in [0.717, 1.165) is 16.7 Å². The first kappa shape index (κ1) is 18.5. The third kappa shape index (κ3) is 4.83. The van der Waals surface area contributed by atoms with Gasteiger partial charge in [-0.15, -0.1) is 0 Å². The van der Waals surface area contributed by atoms with E-state index in [0.29, 0.717) is 6.54 Å². The van der Waals surface area contributed by atoms with Gasteiger partial charge in [-0.1, -0.05) is 35.4 Å². The van der Waals surface area contributed by atoms with Gasteiger partial charge in [0.15, 0.2) is 6.61 Å². The van der Waals surface area contributed by atoms with E-state index in [1.54, 1.807) is 20.0 Å². The Hall–Kier alpha value is -2.82. The average Bonchev–Trinajstić information content (AvgIpc) is 2.56. The van der Waals surface area contributed by atoms with Gasteiger partial charge in [-0.25, -0.2) is 4.79 Å². The van der Waals surface area contributed by atoms with Crippen LogP contribution >= 0.6 is 0 Å². The van der Waals surface area contributed by atoms with Gasteiger partial charge in [0, 0.05) is 13.6 Å². The molecule has 0 aliphatic carbocycles. The van der Waals surface area contributed by atoms with Crippen LogP contribution in [-0.4, -0.2) is 35.5 Å². The van der Waals surface area contributed by atoms with Crippen LogP contribution in [0.25, 0.3) is 0 Å². The van der Waals surface area contributed by atoms with Gasteiger partial charge < -0.3 is 14.7 Å². The van der Waals surface area contributed by atoms with E-state index < -0.39 is 5.97 Å². The predicted octanol–water partition coefficient (Wildman–Crippen LogP) is 3.13. The van der Waals surface area contributed by atoms with Gasteiger partial charge in [0.2, 0.25) is 0 Å². The first-order valence-corrected chi connectivity index (χ1v) is 8.04. The van der Waals surface area contributed by atoms with E-state index >= 15 is 0 Å². The number of rotatable bonds is 5. The van der Waals surface area contributed by atoms with Crippen LogP contribution in [0.2, 0.25) is 0 Å². The molecular formula is C20H23NO4. The van der Waals surface area contributed by atoms with Gasteiger partial charge in [-0.2, -0.15) is 0 Å². The molecule has 2 rings (SSSR count). The Kier molecular flexibility index (Phi) is 5.80. The lowest BCUT2D eigenvalue weighted by atomic mass is 10.1. The molecule has 25 heavy (non-hydrogen) atoms. The van der Waals surface area contributed by atoms with Gasteiger partial charge in [0.1, 0.15) is 11.3 Å². The second-order valence-electron chi connectivity index (χ2n) is 6.28. The zero-order valence-corrected chi connectivity index (χ0v) is 15.0. The first-order valence-electron chi connectivity index (χ1n) is 8.04. The monoisotopic (exact) mass is 341 g/mol. The largest absolute Gasteiger partial charge is 0.507 e. The van der Waals surface area contributed by atoms with Crippen molar-refractivity contribution in [2.75, 3.05) is 13.7 Å². The molecule has 1 amide bonds. The van der Waals surface area contributed by atoms with Gasteiger partial charge in [0.05, 0.1) is 0 Å². The first-order chi connectivity index (χ1) is 11.8. The molecular weight excluding hydrogens is 318 g/mol. The van der Waals surface area contributed by atoms with E-state index in [1.165, 1.54) is 22.6 Å². The summed E-state index contributed by atoms with van der Waals surface area (Å²) in [6.07, 6.45) is 0. The molecule has 0 saturated carbocycles. The average molecular weight is 341 g/mol. The molecule has 0 aliphatic rings. The Bertz CT molecular complexity index is 798. The van der Waals surface area contributed by atoms with Crippen LogP contribution in [0.1, 0.15) is 32.6 Å². The molecule has 0 fully saturated rings. The van der Waals surface area contributed by atoms with Crippen LogP contribution < -0.4 is 0 Å². The van der Waals surface area contributed by atoms with Crippen molar-refractivity contribution in [1.29, 1.82) is 0 Å². The summed E-state index contributed by atoms with van der Waals surface area (Å²) in [5.74, 6) is -1.18. The minimum absolute atomic E-state index is 0.0600. The highest BCUT2D eigenvalue weighted by Gasteiger charge is 2.17. The summed E-state index contributed by atoms with van der Waals surface area (Å²) in [6.45, 7) is 5.90. The lowest BCUT2D eigenvalue weighted by Gasteiger charge is -2.19. The third-order valence-electron chi connectivity index (χ3n) is 4.03. The van der Waals surface area contributed by atoms with Crippen LogP contribution in [0.5, 0.6) is 5.75 Å². The molecule has 5 nitrogen and oxygen atoms in total. The lowest BCUT2D eigenvalue weighted by molar-refractivity contribution is -0.133. The number of amides is 1. The summed E-state index contributed by atoms with van der Waals surface area (Å²) in [4.78, 5) is 25.8. The molecule has 0 saturated heterocycles. The number of hydrogen-bond donors (Lipinski definition) is 1. The number of esters is 1. The predicted molar refractivity (Wildman–Crippen MR) is 95.5 cm³/mol. The van der Waals surface area contributed by atoms with Gasteiger partial charge >= 0.3 is 5.97 Å². The topological polar surface area (TPSA) is 66.8 Å². The summed E-state index contributed by atoms with van der Waals surface area (Å²) in [7, 11) is 1.67. The summed E-state index contributed by atoms with van der Waals surface area (Å²) in [5, 5.41) is 9.73. The summed E-state index contributed by atoms with van der Waals surface area (Å²) in [5.41, 5.74) is 4.21. The van der Waals surface area contributed by atoms with Crippen LogP contribution in [0.15, 0.2) is 36.4 Å². The van der Waals surface area contributed by atoms with E-state index in [4.69, 9.17) is 4.74 Å². The van der Waals surface area contributed by atoms with Crippen molar-refractivity contribution < 1.29 is 19.4 Å². The molecule has 0 spiro atoms. The Balaban J connectivity index is 1.95. The third-order valence-corrected chi connectivity index (χ3v) is 4.03. The maximum atomic E-state index is 12.2. The Morgan fingerprint density at radius 3 is 2.36 bits per heavy atom. The number of likely N-dealkylation sites (N-methyl/N-ethyl adjacent to an activating group) is 1. The van der Waals surface area contributed by atoms with Crippen molar-refractivity contribution in [3.63, 3.8) is 0 Å². The molecule has 0 bridgehead atoms. The van der Waals surface area contributed by atoms with Crippen molar-refractivity contribution in [1.82, 2.24) is 4.90 Å². The zero-order valence-electron chi connectivity index (χ0n) is 15.0. The van der Waals surface area contributed by atoms with E-state index in [9.17, 15) is 14.7 Å². The fourth-order valence-corrected chi connectivity index (χ4v) is 2.50. The number of carbonyl (C=O) groups excluding carboxylic acids is 2. The van der Waals surface area contributed by atoms with E-state index in [1.807, 2.05) is 26.0 Å². The molecule has 1 N–H and O–H groups in total. The number of phenols is 1. The molecule has 0 aliphatic heterocycles. The highest BCUT2D eigenvalue weighted by atomic mass is 16.5. The maximum Gasteiger partial charge on any atom is 0.342 e. The van der Waals surface area contributed by atoms with Crippen molar-refractivity contribution in [3.05, 3.63) is 64.2 Å². The second-order valence-corrected chi connectivity index (χ2v) is 6.28. The van der Waals surface area contributed by atoms with E-state index in [-0.39, 0.29) is 23.8 Å². The Morgan fingerprint density at radius 1 is 1.04 bits per heavy atom. The van der Waals surface area contributed by atoms with Gasteiger partial charge in [-0.05, 0) is 44.0 Å². The number of ether oxygens (including phenoxy) is 1. The molecule has 0 heterocycles. The van der Waals surface area contributed by atoms with Crippen molar-refractivity contribution in [3.8, 4) is 5.75 Å². The van der Waals surface area contributed by atoms with Crippen LogP contribution in [0.4, 0.5) is 0 Å². The fourth-order valence-electron chi connectivity index (χ4n) is 2.50. The zero-order chi connectivity index (χ0) is 18.6. The number of carbonyl (C=O) groups is 2. The summed E-state index contributed by atoms with van der Waals surface area (Å²) < 4.78 is 5.04. The van der Waals surface area contributed by atoms with Gasteiger partial charge in [-0.3, -0.25) is 4.79 Å². The fraction of sp³-hybridized carbons (Fsp3) is 0.300. The van der Waals surface area contributed by atoms with E-state index in [2.05, 4.69) is 6.07 Å². The maximum absolute atomic E-state index is 12.2. The van der Waals surface area contributed by atoms with Crippen molar-refractivity contribution in [2.45, 2.75) is 27.3 Å². The second kappa shape index (κ2) is 7.83. The number of aromatic hydroxyl groups is 1. The molecule has 0 radical (unpaired) electrons. The molecule has 0 aromatic heterocycles. The molecule has 0 atom stereocenters. The summed E-state index contributed by atoms with van der Waals surface area (Å²) in [6, 6.07) is 10.7. The molecule has 2 aromatic carbocycles. The van der Waals surface area contributed by atoms with Crippen molar-refractivity contribution >= 4 is 11.9 Å². The number of phenolic OH excluding ortho intramolecular Hbond substituents is 1. The number of benzene rings is 2. The molecule has 2 aromatic rings. The van der Waals surface area contributed by atoms with Crippen LogP contribution in [0.3, 0.4) is 0 Å². The standard InChI is InChI=1S/C20H23NO4/c1-13-5-7-16(15(3)9-13)11-21(4)19(23)12-25-20(24)17-10-14(2)6-8-18(17)22/h5-10,22H,11-12H2,1-4H3. The van der Waals surface area contributed by atoms with Gasteiger partial charge in [0.25, 0.3) is 5.91 Å². The smallest absolute Gasteiger partial charge is 0.342 e. The Labute approximate surface area is 147 Å². The highest BCUT2D eigenvalue weighted by Crippen LogP contribution is 2.19. The van der Waals surface area contributed by atoms with Crippen LogP contribution in [-0.2, 0) is 16.1 Å². The number of hydrogen-bond acceptors (Lipinski definition) is 4. The molecule has 5 heteroatoms. The van der Waals surface area contributed by atoms with Crippen molar-refractivity contribution in [2.24, 2.45) is 0 Å². The number of aryl methyl sites for hydroxylation is 3. The highest BCUT2D eigenvalue weighted by molar-refractivity contribution is 5.94. The number of nitrogens with zero attached hydrogens (tertiary/aromatic N) is 1. The van der Waals surface area contributed by atoms with Crippen LogP contribution in [0, 0.1) is 20.8 Å². The lowest BCUT2D eigenvalue weighted by Crippen LogP contribution is -2.31. The molecule has 132 valence electrons. The quantitative estimate of drug-likeness (QED) is 0.849. The summed E-state index contributed by atoms with van der Waals surface area (Å²) >= 11 is 0. The minimum atomic E-state index is -0.713. The molecule has 0 unspecified atom stereocenters. The normalized spacial score (nSPS) is 10.4. The Morgan fingerprint density at radius 2 is 1.68 bits per heavy atom. The minimum Gasteiger partial charge on any atom is -0.507 e.